The smallest absolute Gasteiger partial charge is 0.423 e. The lowest BCUT2D eigenvalue weighted by Crippen LogP contribution is -2.40. The van der Waals surface area contributed by atoms with Gasteiger partial charge in [0, 0.05) is 29.0 Å². The van der Waals surface area contributed by atoms with E-state index in [0.29, 0.717) is 11.5 Å². The zero-order chi connectivity index (χ0) is 26.1. The molecule has 1 fully saturated rings. The zero-order valence-electron chi connectivity index (χ0n) is 18.8. The fourth-order valence-corrected chi connectivity index (χ4v) is 4.17. The largest absolute Gasteiger partial charge is 0.490 e. The van der Waals surface area contributed by atoms with Crippen molar-refractivity contribution in [2.24, 2.45) is 5.92 Å². The number of anilines is 1. The normalized spacial score (nSPS) is 18.8. The molecule has 3 aromatic rings. The van der Waals surface area contributed by atoms with Crippen LogP contribution in [0, 0.1) is 17.6 Å². The maximum atomic E-state index is 14.3. The van der Waals surface area contributed by atoms with Gasteiger partial charge in [-0.15, -0.1) is 0 Å². The molecule has 1 aliphatic carbocycles. The number of nitrogens with zero attached hydrogens (tertiary/aromatic N) is 1. The number of carbonyl (C=O) groups is 3. The van der Waals surface area contributed by atoms with E-state index in [1.165, 1.54) is 36.5 Å². The van der Waals surface area contributed by atoms with Crippen molar-refractivity contribution in [1.82, 2.24) is 21.2 Å². The highest BCUT2D eigenvalue weighted by Crippen LogP contribution is 2.55. The van der Waals surface area contributed by atoms with Gasteiger partial charge in [-0.1, -0.05) is 0 Å². The number of aromatic nitrogens is 1. The van der Waals surface area contributed by atoms with Crippen molar-refractivity contribution in [3.63, 3.8) is 0 Å². The van der Waals surface area contributed by atoms with Crippen LogP contribution in [-0.4, -0.2) is 40.8 Å². The molecule has 13 heteroatoms. The van der Waals surface area contributed by atoms with Crippen molar-refractivity contribution in [1.29, 1.82) is 0 Å². The SMILES string of the molecule is O=C(O)NNC(=O)c1ccc(Oc2ccc(NC(=O)N[C@@H]3[C@@H]4COc5c(F)ccc(F)c5[C@H]43)nc2)cc1. The van der Waals surface area contributed by atoms with Crippen molar-refractivity contribution in [3.8, 4) is 17.2 Å². The highest BCUT2D eigenvalue weighted by Gasteiger charge is 2.57. The van der Waals surface area contributed by atoms with Crippen LogP contribution in [0.1, 0.15) is 21.8 Å². The molecule has 190 valence electrons. The van der Waals surface area contributed by atoms with Crippen LogP contribution >= 0.6 is 0 Å². The van der Waals surface area contributed by atoms with E-state index in [1.807, 2.05) is 5.43 Å². The Kier molecular flexibility index (Phi) is 6.17. The first kappa shape index (κ1) is 23.8. The second-order valence-corrected chi connectivity index (χ2v) is 8.29. The van der Waals surface area contributed by atoms with Crippen LogP contribution in [0.3, 0.4) is 0 Å². The molecular weight excluding hydrogens is 492 g/mol. The Morgan fingerprint density at radius 1 is 0.973 bits per heavy atom. The minimum absolute atomic E-state index is 0.101. The maximum absolute atomic E-state index is 14.3. The lowest BCUT2D eigenvalue weighted by Gasteiger charge is -2.16. The van der Waals surface area contributed by atoms with Crippen LogP contribution in [0.4, 0.5) is 24.2 Å². The number of halogens is 2. The standard InChI is InChI=1S/C24H19F2N5O6/c25-15-6-7-16(26)21-19(15)18-14(10-36-21)20(18)29-23(33)28-17-8-5-13(9-27-17)37-12-3-1-11(2-4-12)22(32)30-31-24(34)35/h1-9,14,18,20,31H,10H2,(H,30,32)(H,34,35)(H2,27,28,29,33)/t14-,18+,20-/m1/s1. The van der Waals surface area contributed by atoms with Gasteiger partial charge in [-0.2, -0.15) is 0 Å². The van der Waals surface area contributed by atoms with Gasteiger partial charge in [0.2, 0.25) is 0 Å². The van der Waals surface area contributed by atoms with Gasteiger partial charge < -0.3 is 19.9 Å². The predicted molar refractivity (Wildman–Crippen MR) is 123 cm³/mol. The first-order chi connectivity index (χ1) is 17.8. The molecule has 1 aliphatic heterocycles. The van der Waals surface area contributed by atoms with Crippen molar-refractivity contribution in [3.05, 3.63) is 77.5 Å². The molecule has 0 spiro atoms. The molecule has 0 radical (unpaired) electrons. The molecule has 1 saturated carbocycles. The minimum atomic E-state index is -1.39. The predicted octanol–water partition coefficient (Wildman–Crippen LogP) is 3.36. The van der Waals surface area contributed by atoms with Crippen LogP contribution in [0.5, 0.6) is 17.2 Å². The summed E-state index contributed by atoms with van der Waals surface area (Å²) < 4.78 is 39.2. The number of benzene rings is 2. The summed E-state index contributed by atoms with van der Waals surface area (Å²) in [4.78, 5) is 38.8. The number of hydrogen-bond acceptors (Lipinski definition) is 6. The summed E-state index contributed by atoms with van der Waals surface area (Å²) in [5.41, 5.74) is 4.13. The molecule has 11 nitrogen and oxygen atoms in total. The molecule has 2 aromatic carbocycles. The molecule has 37 heavy (non-hydrogen) atoms. The molecule has 0 bridgehead atoms. The molecule has 0 saturated heterocycles. The molecular formula is C24H19F2N5O6. The summed E-state index contributed by atoms with van der Waals surface area (Å²) in [6, 6.07) is 10.1. The van der Waals surface area contributed by atoms with E-state index >= 15 is 0 Å². The Bertz CT molecular complexity index is 1370. The number of carboxylic acid groups (broad SMARTS) is 1. The van der Waals surface area contributed by atoms with Gasteiger partial charge in [0.1, 0.15) is 23.1 Å². The Balaban J connectivity index is 1.14. The van der Waals surface area contributed by atoms with E-state index in [9.17, 15) is 23.2 Å². The van der Waals surface area contributed by atoms with Crippen LogP contribution < -0.4 is 31.0 Å². The molecule has 0 unspecified atom stereocenters. The minimum Gasteiger partial charge on any atom is -0.490 e. The number of carbonyl (C=O) groups excluding carboxylic acids is 2. The molecule has 5 N–H and O–H groups in total. The molecule has 4 amide bonds. The lowest BCUT2D eigenvalue weighted by molar-refractivity contribution is 0.0926. The summed E-state index contributed by atoms with van der Waals surface area (Å²) >= 11 is 0. The number of hydrogen-bond donors (Lipinski definition) is 5. The average Bonchev–Trinajstić information content (AvgIpc) is 3.58. The van der Waals surface area contributed by atoms with E-state index in [-0.39, 0.29) is 41.1 Å². The number of amides is 4. The number of rotatable bonds is 5. The number of pyridine rings is 1. The topological polar surface area (TPSA) is 151 Å². The number of hydrazine groups is 1. The Labute approximate surface area is 207 Å². The second kappa shape index (κ2) is 9.60. The third-order valence-corrected chi connectivity index (χ3v) is 5.93. The highest BCUT2D eigenvalue weighted by molar-refractivity contribution is 5.95. The first-order valence-corrected chi connectivity index (χ1v) is 11.0. The number of urea groups is 1. The maximum Gasteiger partial charge on any atom is 0.423 e. The van der Waals surface area contributed by atoms with Crippen LogP contribution in [0.2, 0.25) is 0 Å². The summed E-state index contributed by atoms with van der Waals surface area (Å²) in [7, 11) is 0. The van der Waals surface area contributed by atoms with Gasteiger partial charge in [-0.25, -0.2) is 28.8 Å². The average molecular weight is 511 g/mol. The number of ether oxygens (including phenoxy) is 2. The second-order valence-electron chi connectivity index (χ2n) is 8.29. The number of nitrogens with one attached hydrogen (secondary N) is 4. The van der Waals surface area contributed by atoms with Crippen LogP contribution in [0.15, 0.2) is 54.7 Å². The molecule has 2 aliphatic rings. The third kappa shape index (κ3) is 5.05. The molecule has 2 heterocycles. The Hall–Kier alpha value is -4.94. The van der Waals surface area contributed by atoms with E-state index in [2.05, 4.69) is 15.6 Å². The third-order valence-electron chi connectivity index (χ3n) is 5.93. The van der Waals surface area contributed by atoms with E-state index in [4.69, 9.17) is 14.6 Å². The van der Waals surface area contributed by atoms with E-state index in [1.54, 1.807) is 11.5 Å². The summed E-state index contributed by atoms with van der Waals surface area (Å²) in [5, 5.41) is 13.9. The van der Waals surface area contributed by atoms with Gasteiger partial charge in [0.15, 0.2) is 11.6 Å². The van der Waals surface area contributed by atoms with Gasteiger partial charge in [0.25, 0.3) is 5.91 Å². The van der Waals surface area contributed by atoms with Gasteiger partial charge in [-0.3, -0.25) is 15.5 Å². The van der Waals surface area contributed by atoms with Gasteiger partial charge >= 0.3 is 12.1 Å². The van der Waals surface area contributed by atoms with Crippen molar-refractivity contribution >= 4 is 23.8 Å². The monoisotopic (exact) mass is 511 g/mol. The quantitative estimate of drug-likeness (QED) is 0.330. The van der Waals surface area contributed by atoms with Gasteiger partial charge in [-0.05, 0) is 48.5 Å². The Morgan fingerprint density at radius 2 is 1.70 bits per heavy atom. The molecule has 3 atom stereocenters. The first-order valence-electron chi connectivity index (χ1n) is 11.0. The van der Waals surface area contributed by atoms with Crippen molar-refractivity contribution in [2.75, 3.05) is 11.9 Å². The van der Waals surface area contributed by atoms with Crippen molar-refractivity contribution < 1.29 is 37.7 Å². The van der Waals surface area contributed by atoms with Crippen LogP contribution in [-0.2, 0) is 0 Å². The molecule has 5 rings (SSSR count). The summed E-state index contributed by atoms with van der Waals surface area (Å²) in [5.74, 6) is -1.46. The van der Waals surface area contributed by atoms with Crippen molar-refractivity contribution in [2.45, 2.75) is 12.0 Å². The van der Waals surface area contributed by atoms with Crippen LogP contribution in [0.25, 0.3) is 0 Å². The number of fused-ring (bicyclic) bond motifs is 3. The van der Waals surface area contributed by atoms with E-state index < -0.39 is 35.7 Å². The molecule has 1 aromatic heterocycles. The fraction of sp³-hybridized carbons (Fsp3) is 0.167. The van der Waals surface area contributed by atoms with E-state index in [0.717, 1.165) is 12.1 Å². The highest BCUT2D eigenvalue weighted by atomic mass is 19.1. The summed E-state index contributed by atoms with van der Waals surface area (Å²) in [6.07, 6.45) is -0.0131. The van der Waals surface area contributed by atoms with Gasteiger partial charge in [0.05, 0.1) is 12.8 Å². The fourth-order valence-electron chi connectivity index (χ4n) is 4.17. The lowest BCUT2D eigenvalue weighted by atomic mass is 10.0. The zero-order valence-corrected chi connectivity index (χ0v) is 18.8. The summed E-state index contributed by atoms with van der Waals surface area (Å²) in [6.45, 7) is 0.179. The Morgan fingerprint density at radius 3 is 2.41 bits per heavy atom.